The van der Waals surface area contributed by atoms with Crippen molar-refractivity contribution in [2.24, 2.45) is 0 Å². The van der Waals surface area contributed by atoms with Crippen LogP contribution in [0.3, 0.4) is 0 Å². The standard InChI is InChI=1S/C22H21ClN8O/c1-32-17-13-25-12-16-20(17)22(31-8-6-24-7-9-31)30-21(28-16)14-4-5-26-19(10-14)29-18-3-2-15(23)11-27-18/h2-5,10-13,24H,6-9H2,1H3,(H,26,27,29). The third kappa shape index (κ3) is 4.12. The van der Waals surface area contributed by atoms with E-state index in [0.717, 1.165) is 48.5 Å². The molecule has 5 heterocycles. The Kier molecular flexibility index (Phi) is 5.66. The van der Waals surface area contributed by atoms with E-state index in [-0.39, 0.29) is 0 Å². The Balaban J connectivity index is 1.57. The van der Waals surface area contributed by atoms with Crippen molar-refractivity contribution < 1.29 is 4.74 Å². The molecule has 5 rings (SSSR count). The molecule has 2 N–H and O–H groups in total. The summed E-state index contributed by atoms with van der Waals surface area (Å²) in [7, 11) is 1.64. The van der Waals surface area contributed by atoms with Crippen molar-refractivity contribution in [1.82, 2.24) is 30.2 Å². The Hall–Kier alpha value is -3.56. The highest BCUT2D eigenvalue weighted by Crippen LogP contribution is 2.34. The number of hydrogen-bond donors (Lipinski definition) is 2. The van der Waals surface area contributed by atoms with Crippen molar-refractivity contribution in [2.45, 2.75) is 0 Å². The number of methoxy groups -OCH3 is 1. The van der Waals surface area contributed by atoms with Crippen molar-refractivity contribution in [2.75, 3.05) is 43.5 Å². The Morgan fingerprint density at radius 3 is 2.69 bits per heavy atom. The van der Waals surface area contributed by atoms with Gasteiger partial charge < -0.3 is 20.3 Å². The van der Waals surface area contributed by atoms with E-state index in [4.69, 9.17) is 26.3 Å². The summed E-state index contributed by atoms with van der Waals surface area (Å²) >= 11 is 5.92. The van der Waals surface area contributed by atoms with Crippen LogP contribution >= 0.6 is 11.6 Å². The number of hydrogen-bond acceptors (Lipinski definition) is 9. The van der Waals surface area contributed by atoms with Gasteiger partial charge in [-0.25, -0.2) is 19.9 Å². The van der Waals surface area contributed by atoms with Crippen LogP contribution in [0.15, 0.2) is 49.1 Å². The van der Waals surface area contributed by atoms with Gasteiger partial charge in [-0.2, -0.15) is 0 Å². The molecular formula is C22H21ClN8O. The highest BCUT2D eigenvalue weighted by molar-refractivity contribution is 6.30. The van der Waals surface area contributed by atoms with Gasteiger partial charge >= 0.3 is 0 Å². The smallest absolute Gasteiger partial charge is 0.162 e. The fraction of sp³-hybridized carbons (Fsp3) is 0.227. The molecule has 0 aromatic carbocycles. The van der Waals surface area contributed by atoms with Crippen molar-refractivity contribution in [1.29, 1.82) is 0 Å². The van der Waals surface area contributed by atoms with E-state index in [1.807, 2.05) is 12.1 Å². The molecule has 1 saturated heterocycles. The van der Waals surface area contributed by atoms with Crippen LogP contribution in [-0.4, -0.2) is 58.2 Å². The maximum Gasteiger partial charge on any atom is 0.162 e. The summed E-state index contributed by atoms with van der Waals surface area (Å²) in [6.45, 7) is 3.49. The summed E-state index contributed by atoms with van der Waals surface area (Å²) in [4.78, 5) is 24.9. The zero-order valence-corrected chi connectivity index (χ0v) is 18.2. The number of fused-ring (bicyclic) bond motifs is 1. The van der Waals surface area contributed by atoms with Crippen LogP contribution in [0.1, 0.15) is 0 Å². The predicted octanol–water partition coefficient (Wildman–Crippen LogP) is 3.30. The van der Waals surface area contributed by atoms with Crippen molar-refractivity contribution in [3.05, 3.63) is 54.1 Å². The minimum absolute atomic E-state index is 0.575. The number of aromatic nitrogens is 5. The van der Waals surface area contributed by atoms with Gasteiger partial charge in [-0.15, -0.1) is 0 Å². The van der Waals surface area contributed by atoms with E-state index in [9.17, 15) is 0 Å². The van der Waals surface area contributed by atoms with Gasteiger partial charge in [0.2, 0.25) is 0 Å². The second kappa shape index (κ2) is 8.89. The number of nitrogens with one attached hydrogen (secondary N) is 2. The van der Waals surface area contributed by atoms with E-state index < -0.39 is 0 Å². The van der Waals surface area contributed by atoms with E-state index in [0.29, 0.717) is 28.2 Å². The van der Waals surface area contributed by atoms with Gasteiger partial charge in [0.05, 0.1) is 35.4 Å². The highest BCUT2D eigenvalue weighted by Gasteiger charge is 2.20. The molecule has 1 fully saturated rings. The third-order valence-corrected chi connectivity index (χ3v) is 5.41. The quantitative estimate of drug-likeness (QED) is 0.476. The number of halogens is 1. The lowest BCUT2D eigenvalue weighted by atomic mass is 10.2. The summed E-state index contributed by atoms with van der Waals surface area (Å²) < 4.78 is 5.58. The number of piperazine rings is 1. The number of ether oxygens (including phenoxy) is 1. The van der Waals surface area contributed by atoms with Crippen molar-refractivity contribution >= 4 is 40.0 Å². The predicted molar refractivity (Wildman–Crippen MR) is 125 cm³/mol. The minimum Gasteiger partial charge on any atom is -0.494 e. The van der Waals surface area contributed by atoms with Crippen LogP contribution in [0.25, 0.3) is 22.3 Å². The lowest BCUT2D eigenvalue weighted by Crippen LogP contribution is -2.44. The maximum absolute atomic E-state index is 5.92. The molecule has 162 valence electrons. The largest absolute Gasteiger partial charge is 0.494 e. The molecule has 9 nitrogen and oxygen atoms in total. The summed E-state index contributed by atoms with van der Waals surface area (Å²) in [6, 6.07) is 7.35. The van der Waals surface area contributed by atoms with Gasteiger partial charge in [0, 0.05) is 44.1 Å². The lowest BCUT2D eigenvalue weighted by molar-refractivity contribution is 0.418. The Bertz CT molecular complexity index is 1240. The molecule has 32 heavy (non-hydrogen) atoms. The van der Waals surface area contributed by atoms with Crippen LogP contribution in [0.2, 0.25) is 5.02 Å². The maximum atomic E-state index is 5.92. The van der Waals surface area contributed by atoms with Gasteiger partial charge in [0.1, 0.15) is 23.2 Å². The lowest BCUT2D eigenvalue weighted by Gasteiger charge is -2.29. The number of anilines is 3. The van der Waals surface area contributed by atoms with Gasteiger partial charge in [-0.1, -0.05) is 11.6 Å². The van der Waals surface area contributed by atoms with E-state index in [1.165, 1.54) is 0 Å². The van der Waals surface area contributed by atoms with Crippen molar-refractivity contribution in [3.63, 3.8) is 0 Å². The molecule has 0 unspecified atom stereocenters. The molecule has 0 aliphatic carbocycles. The monoisotopic (exact) mass is 448 g/mol. The highest BCUT2D eigenvalue weighted by atomic mass is 35.5. The zero-order valence-electron chi connectivity index (χ0n) is 17.4. The molecule has 10 heteroatoms. The minimum atomic E-state index is 0.575. The summed E-state index contributed by atoms with van der Waals surface area (Å²) in [6.07, 6.45) is 6.74. The van der Waals surface area contributed by atoms with E-state index >= 15 is 0 Å². The van der Waals surface area contributed by atoms with Gasteiger partial charge in [-0.05, 0) is 24.3 Å². The Morgan fingerprint density at radius 2 is 1.91 bits per heavy atom. The first kappa shape index (κ1) is 20.3. The number of rotatable bonds is 5. The summed E-state index contributed by atoms with van der Waals surface area (Å²) in [5, 5.41) is 8.01. The molecule has 4 aromatic rings. The average molecular weight is 449 g/mol. The molecule has 0 atom stereocenters. The van der Waals surface area contributed by atoms with Crippen LogP contribution in [0, 0.1) is 0 Å². The van der Waals surface area contributed by atoms with Gasteiger partial charge in [0.15, 0.2) is 5.82 Å². The van der Waals surface area contributed by atoms with Gasteiger partial charge in [-0.3, -0.25) is 4.98 Å². The first-order chi connectivity index (χ1) is 15.7. The molecular weight excluding hydrogens is 428 g/mol. The SMILES string of the molecule is COc1cncc2nc(-c3ccnc(Nc4ccc(Cl)cn4)c3)nc(N3CCNCC3)c12. The second-order valence-corrected chi connectivity index (χ2v) is 7.70. The Labute approximate surface area is 189 Å². The fourth-order valence-electron chi connectivity index (χ4n) is 3.64. The fourth-order valence-corrected chi connectivity index (χ4v) is 3.76. The van der Waals surface area contributed by atoms with Crippen LogP contribution < -0.4 is 20.3 Å². The van der Waals surface area contributed by atoms with Crippen LogP contribution in [0.4, 0.5) is 17.5 Å². The van der Waals surface area contributed by atoms with Gasteiger partial charge in [0.25, 0.3) is 0 Å². The van der Waals surface area contributed by atoms with Crippen molar-refractivity contribution in [3.8, 4) is 17.1 Å². The van der Waals surface area contributed by atoms with E-state index in [1.54, 1.807) is 44.0 Å². The third-order valence-electron chi connectivity index (χ3n) is 5.19. The molecule has 0 spiro atoms. The topological polar surface area (TPSA) is 101 Å². The first-order valence-electron chi connectivity index (χ1n) is 10.2. The molecule has 4 aromatic heterocycles. The second-order valence-electron chi connectivity index (χ2n) is 7.26. The van der Waals surface area contributed by atoms with Crippen LogP contribution in [-0.2, 0) is 0 Å². The summed E-state index contributed by atoms with van der Waals surface area (Å²) in [5.41, 5.74) is 1.56. The summed E-state index contributed by atoms with van der Waals surface area (Å²) in [5.74, 6) is 3.38. The first-order valence-corrected chi connectivity index (χ1v) is 10.6. The zero-order chi connectivity index (χ0) is 21.9. The molecule has 0 bridgehead atoms. The molecule has 1 aliphatic heterocycles. The number of nitrogens with zero attached hydrogens (tertiary/aromatic N) is 6. The number of pyridine rings is 3. The molecule has 0 amide bonds. The van der Waals surface area contributed by atoms with Crippen LogP contribution in [0.5, 0.6) is 5.75 Å². The van der Waals surface area contributed by atoms with E-state index in [2.05, 4.69) is 30.5 Å². The normalized spacial score (nSPS) is 13.9. The molecule has 0 radical (unpaired) electrons. The molecule has 0 saturated carbocycles. The molecule has 1 aliphatic rings. The average Bonchev–Trinajstić information content (AvgIpc) is 2.85. The Morgan fingerprint density at radius 1 is 1.03 bits per heavy atom.